The zero-order chi connectivity index (χ0) is 21.1. The van der Waals surface area contributed by atoms with Crippen LogP contribution in [0.1, 0.15) is 24.6 Å². The van der Waals surface area contributed by atoms with Crippen LogP contribution in [0.5, 0.6) is 5.75 Å². The van der Waals surface area contributed by atoms with Crippen LogP contribution in [0.15, 0.2) is 48.5 Å². The van der Waals surface area contributed by atoms with E-state index in [1.165, 1.54) is 22.2 Å². The number of H-pyrrole nitrogens is 1. The quantitative estimate of drug-likeness (QED) is 0.482. The minimum absolute atomic E-state index is 0.536. The van der Waals surface area contributed by atoms with Crippen LogP contribution in [0, 0.1) is 6.92 Å². The van der Waals surface area contributed by atoms with Gasteiger partial charge < -0.3 is 25.3 Å². The van der Waals surface area contributed by atoms with Gasteiger partial charge in [0.25, 0.3) is 0 Å². The lowest BCUT2D eigenvalue weighted by atomic mass is 9.96. The molecule has 0 unspecified atom stereocenters. The summed E-state index contributed by atoms with van der Waals surface area (Å²) < 4.78 is 5.68. The highest BCUT2D eigenvalue weighted by molar-refractivity contribution is 7.80. The Morgan fingerprint density at radius 3 is 2.80 bits per heavy atom. The van der Waals surface area contributed by atoms with Crippen molar-refractivity contribution in [3.05, 3.63) is 59.8 Å². The maximum absolute atomic E-state index is 5.68. The zero-order valence-corrected chi connectivity index (χ0v) is 18.5. The van der Waals surface area contributed by atoms with Crippen LogP contribution in [0.2, 0.25) is 0 Å². The van der Waals surface area contributed by atoms with E-state index in [4.69, 9.17) is 17.0 Å². The molecule has 0 radical (unpaired) electrons. The SMILES string of the molecule is CCOc1ccccc1NC(=S)Nc1ccc2[nH]c(C)c(C3=CCN(C)CC3)c2c1. The summed E-state index contributed by atoms with van der Waals surface area (Å²) in [6, 6.07) is 14.1. The first-order chi connectivity index (χ1) is 14.5. The molecular weight excluding hydrogens is 392 g/mol. The molecule has 0 spiro atoms. The van der Waals surface area contributed by atoms with Crippen molar-refractivity contribution < 1.29 is 4.74 Å². The summed E-state index contributed by atoms with van der Waals surface area (Å²) in [5, 5.41) is 8.34. The van der Waals surface area contributed by atoms with E-state index in [1.54, 1.807) is 0 Å². The number of aromatic nitrogens is 1. The van der Waals surface area contributed by atoms with Crippen molar-refractivity contribution in [1.29, 1.82) is 0 Å². The maximum atomic E-state index is 5.68. The number of thiocarbonyl (C=S) groups is 1. The fourth-order valence-electron chi connectivity index (χ4n) is 3.95. The monoisotopic (exact) mass is 420 g/mol. The number of hydrogen-bond donors (Lipinski definition) is 3. The average Bonchev–Trinajstić information content (AvgIpc) is 3.05. The van der Waals surface area contributed by atoms with Gasteiger partial charge in [-0.25, -0.2) is 0 Å². The van der Waals surface area contributed by atoms with E-state index in [0.29, 0.717) is 11.7 Å². The van der Waals surface area contributed by atoms with E-state index >= 15 is 0 Å². The van der Waals surface area contributed by atoms with Gasteiger partial charge in [-0.1, -0.05) is 18.2 Å². The Morgan fingerprint density at radius 2 is 2.03 bits per heavy atom. The first-order valence-corrected chi connectivity index (χ1v) is 10.8. The average molecular weight is 421 g/mol. The Balaban J connectivity index is 1.57. The van der Waals surface area contributed by atoms with Gasteiger partial charge in [-0.15, -0.1) is 0 Å². The summed E-state index contributed by atoms with van der Waals surface area (Å²) in [6.07, 6.45) is 3.41. The molecule has 156 valence electrons. The molecule has 4 rings (SSSR count). The van der Waals surface area contributed by atoms with Crippen LogP contribution in [0.4, 0.5) is 11.4 Å². The van der Waals surface area contributed by atoms with Crippen LogP contribution >= 0.6 is 12.2 Å². The molecular formula is C24H28N4OS. The minimum Gasteiger partial charge on any atom is -0.492 e. The van der Waals surface area contributed by atoms with Gasteiger partial charge in [0.05, 0.1) is 12.3 Å². The summed E-state index contributed by atoms with van der Waals surface area (Å²) in [4.78, 5) is 5.87. The molecule has 0 saturated carbocycles. The van der Waals surface area contributed by atoms with E-state index in [-0.39, 0.29) is 0 Å². The number of benzene rings is 2. The molecule has 0 fully saturated rings. The van der Waals surface area contributed by atoms with Gasteiger partial charge in [0.1, 0.15) is 5.75 Å². The lowest BCUT2D eigenvalue weighted by Crippen LogP contribution is -2.23. The predicted molar refractivity (Wildman–Crippen MR) is 131 cm³/mol. The number of para-hydroxylation sites is 2. The second-order valence-electron chi connectivity index (χ2n) is 7.64. The molecule has 6 heteroatoms. The number of aryl methyl sites for hydroxylation is 1. The Hall–Kier alpha value is -2.83. The van der Waals surface area contributed by atoms with Crippen molar-refractivity contribution in [1.82, 2.24) is 9.88 Å². The summed E-state index contributed by atoms with van der Waals surface area (Å²) in [5.41, 5.74) is 6.91. The van der Waals surface area contributed by atoms with Crippen molar-refractivity contribution in [2.24, 2.45) is 0 Å². The molecule has 2 aromatic carbocycles. The molecule has 0 amide bonds. The van der Waals surface area contributed by atoms with Crippen molar-refractivity contribution >= 4 is 45.2 Å². The Kier molecular flexibility index (Phi) is 6.06. The van der Waals surface area contributed by atoms with E-state index in [9.17, 15) is 0 Å². The van der Waals surface area contributed by atoms with Crippen LogP contribution < -0.4 is 15.4 Å². The second kappa shape index (κ2) is 8.90. The first-order valence-electron chi connectivity index (χ1n) is 10.3. The molecule has 0 saturated heterocycles. The molecule has 1 aromatic heterocycles. The third kappa shape index (κ3) is 4.35. The van der Waals surface area contributed by atoms with E-state index in [0.717, 1.165) is 42.2 Å². The van der Waals surface area contributed by atoms with Crippen molar-refractivity contribution in [2.45, 2.75) is 20.3 Å². The van der Waals surface area contributed by atoms with Gasteiger partial charge in [0.2, 0.25) is 0 Å². The number of ether oxygens (including phenoxy) is 1. The molecule has 5 nitrogen and oxygen atoms in total. The van der Waals surface area contributed by atoms with Gasteiger partial charge in [-0.05, 0) is 75.4 Å². The van der Waals surface area contributed by atoms with Crippen molar-refractivity contribution in [3.8, 4) is 5.75 Å². The van der Waals surface area contributed by atoms with Gasteiger partial charge >= 0.3 is 0 Å². The predicted octanol–water partition coefficient (Wildman–Crippen LogP) is 5.40. The topological polar surface area (TPSA) is 52.3 Å². The molecule has 3 N–H and O–H groups in total. The lowest BCUT2D eigenvalue weighted by Gasteiger charge is -2.22. The number of aromatic amines is 1. The van der Waals surface area contributed by atoms with Gasteiger partial charge in [-0.3, -0.25) is 0 Å². The fraction of sp³-hybridized carbons (Fsp3) is 0.292. The van der Waals surface area contributed by atoms with E-state index < -0.39 is 0 Å². The number of nitrogens with zero attached hydrogens (tertiary/aromatic N) is 1. The van der Waals surface area contributed by atoms with Gasteiger partial charge in [-0.2, -0.15) is 0 Å². The number of likely N-dealkylation sites (N-methyl/N-ethyl adjacent to an activating group) is 1. The number of fused-ring (bicyclic) bond motifs is 1. The van der Waals surface area contributed by atoms with Gasteiger partial charge in [0, 0.05) is 40.9 Å². The van der Waals surface area contributed by atoms with Crippen LogP contribution in [0.25, 0.3) is 16.5 Å². The number of hydrogen-bond acceptors (Lipinski definition) is 3. The lowest BCUT2D eigenvalue weighted by molar-refractivity contribution is 0.342. The van der Waals surface area contributed by atoms with Crippen molar-refractivity contribution in [3.63, 3.8) is 0 Å². The number of rotatable bonds is 5. The third-order valence-electron chi connectivity index (χ3n) is 5.41. The molecule has 0 bridgehead atoms. The van der Waals surface area contributed by atoms with E-state index in [1.807, 2.05) is 37.3 Å². The highest BCUT2D eigenvalue weighted by atomic mass is 32.1. The molecule has 1 aliphatic rings. The Morgan fingerprint density at radius 1 is 1.20 bits per heavy atom. The Labute approximate surface area is 183 Å². The first kappa shape index (κ1) is 20.4. The maximum Gasteiger partial charge on any atom is 0.175 e. The van der Waals surface area contributed by atoms with Crippen molar-refractivity contribution in [2.75, 3.05) is 37.4 Å². The molecule has 0 atom stereocenters. The van der Waals surface area contributed by atoms with Crippen LogP contribution in [-0.4, -0.2) is 41.7 Å². The summed E-state index contributed by atoms with van der Waals surface area (Å²) in [7, 11) is 2.16. The number of nitrogens with one attached hydrogen (secondary N) is 3. The van der Waals surface area contributed by atoms with E-state index in [2.05, 4.69) is 52.7 Å². The molecule has 1 aliphatic heterocycles. The summed E-state index contributed by atoms with van der Waals surface area (Å²) >= 11 is 5.56. The zero-order valence-electron chi connectivity index (χ0n) is 17.7. The molecule has 2 heterocycles. The Bertz CT molecular complexity index is 1100. The van der Waals surface area contributed by atoms with Crippen LogP contribution in [-0.2, 0) is 0 Å². The largest absolute Gasteiger partial charge is 0.492 e. The normalized spacial score (nSPS) is 14.4. The van der Waals surface area contributed by atoms with Gasteiger partial charge in [0.15, 0.2) is 5.11 Å². The number of anilines is 2. The molecule has 0 aliphatic carbocycles. The molecule has 3 aromatic rings. The summed E-state index contributed by atoms with van der Waals surface area (Å²) in [6.45, 7) is 6.81. The highest BCUT2D eigenvalue weighted by Crippen LogP contribution is 2.33. The molecule has 30 heavy (non-hydrogen) atoms. The van der Waals surface area contributed by atoms with Crippen LogP contribution in [0.3, 0.4) is 0 Å². The minimum atomic E-state index is 0.536. The standard InChI is InChI=1S/C24H28N4OS/c1-4-29-22-8-6-5-7-21(22)27-24(30)26-18-9-10-20-19(15-18)23(16(2)25-20)17-11-13-28(3)14-12-17/h5-11,15,25H,4,12-14H2,1-3H3,(H2,26,27,30). The highest BCUT2D eigenvalue weighted by Gasteiger charge is 2.17. The smallest absolute Gasteiger partial charge is 0.175 e. The second-order valence-corrected chi connectivity index (χ2v) is 8.04. The fourth-order valence-corrected chi connectivity index (χ4v) is 4.18. The summed E-state index contributed by atoms with van der Waals surface area (Å²) in [5.74, 6) is 0.789. The third-order valence-corrected chi connectivity index (χ3v) is 5.62.